The summed E-state index contributed by atoms with van der Waals surface area (Å²) >= 11 is 2.62. The van der Waals surface area contributed by atoms with Gasteiger partial charge in [0.15, 0.2) is 10.9 Å². The van der Waals surface area contributed by atoms with Crippen molar-refractivity contribution in [3.63, 3.8) is 0 Å². The molecule has 0 aliphatic carbocycles. The van der Waals surface area contributed by atoms with Gasteiger partial charge in [-0.2, -0.15) is 0 Å². The van der Waals surface area contributed by atoms with E-state index in [-0.39, 0.29) is 29.8 Å². The number of thiophene rings is 1. The van der Waals surface area contributed by atoms with Gasteiger partial charge in [-0.05, 0) is 44.5 Å². The van der Waals surface area contributed by atoms with Crippen molar-refractivity contribution in [3.8, 4) is 0 Å². The Labute approximate surface area is 188 Å². The van der Waals surface area contributed by atoms with Crippen LogP contribution in [0.25, 0.3) is 0 Å². The molecule has 164 valence electrons. The van der Waals surface area contributed by atoms with Crippen molar-refractivity contribution in [1.29, 1.82) is 0 Å². The Hall–Kier alpha value is -2.53. The third-order valence-corrected chi connectivity index (χ3v) is 6.72. The number of hydrogen-bond acceptors (Lipinski definition) is 8. The molecule has 1 fully saturated rings. The van der Waals surface area contributed by atoms with Crippen molar-refractivity contribution in [1.82, 2.24) is 9.88 Å². The number of thiazole rings is 1. The van der Waals surface area contributed by atoms with Crippen LogP contribution < -0.4 is 10.6 Å². The quantitative estimate of drug-likeness (QED) is 0.572. The summed E-state index contributed by atoms with van der Waals surface area (Å²) in [7, 11) is 0. The molecule has 2 unspecified atom stereocenters. The molecule has 2 atom stereocenters. The Morgan fingerprint density at radius 3 is 2.71 bits per heavy atom. The number of anilines is 2. The summed E-state index contributed by atoms with van der Waals surface area (Å²) in [5, 5.41) is 8.74. The summed E-state index contributed by atoms with van der Waals surface area (Å²) in [4.78, 5) is 32.3. The van der Waals surface area contributed by atoms with Gasteiger partial charge in [-0.15, -0.1) is 22.7 Å². The van der Waals surface area contributed by atoms with Gasteiger partial charge in [0.25, 0.3) is 11.8 Å². The van der Waals surface area contributed by atoms with Crippen LogP contribution in [-0.4, -0.2) is 47.0 Å². The zero-order chi connectivity index (χ0) is 22.0. The highest BCUT2D eigenvalue weighted by molar-refractivity contribution is 7.18. The molecule has 1 aliphatic rings. The lowest BCUT2D eigenvalue weighted by atomic mass is 10.2. The maximum Gasteiger partial charge on any atom is 0.291 e. The fourth-order valence-electron chi connectivity index (χ4n) is 3.58. The topological polar surface area (TPSA) is 96.7 Å². The molecule has 1 aliphatic heterocycles. The van der Waals surface area contributed by atoms with Gasteiger partial charge in [0.05, 0.1) is 34.0 Å². The summed E-state index contributed by atoms with van der Waals surface area (Å²) in [5.41, 5.74) is 1.71. The second-order valence-corrected chi connectivity index (χ2v) is 9.51. The van der Waals surface area contributed by atoms with Gasteiger partial charge in [-0.25, -0.2) is 4.98 Å². The first-order valence-corrected chi connectivity index (χ1v) is 11.7. The molecule has 0 saturated carbocycles. The highest BCUT2D eigenvalue weighted by atomic mass is 32.1. The van der Waals surface area contributed by atoms with Crippen LogP contribution in [0.3, 0.4) is 0 Å². The predicted molar refractivity (Wildman–Crippen MR) is 121 cm³/mol. The summed E-state index contributed by atoms with van der Waals surface area (Å²) < 4.78 is 10.9. The first kappa shape index (κ1) is 21.7. The Balaban J connectivity index is 1.36. The molecule has 1 saturated heterocycles. The van der Waals surface area contributed by atoms with E-state index in [0.29, 0.717) is 15.0 Å². The van der Waals surface area contributed by atoms with Gasteiger partial charge in [0.1, 0.15) is 0 Å². The third kappa shape index (κ3) is 5.40. The number of amides is 2. The Kier molecular flexibility index (Phi) is 6.51. The molecule has 0 aromatic carbocycles. The van der Waals surface area contributed by atoms with E-state index in [1.54, 1.807) is 18.2 Å². The predicted octanol–water partition coefficient (Wildman–Crippen LogP) is 4.22. The van der Waals surface area contributed by atoms with Crippen LogP contribution in [0.1, 0.15) is 45.3 Å². The van der Waals surface area contributed by atoms with Crippen LogP contribution in [0.15, 0.2) is 34.3 Å². The summed E-state index contributed by atoms with van der Waals surface area (Å²) in [6.45, 7) is 8.44. The maximum atomic E-state index is 12.8. The van der Waals surface area contributed by atoms with E-state index in [4.69, 9.17) is 9.15 Å². The van der Waals surface area contributed by atoms with E-state index in [2.05, 4.69) is 34.4 Å². The monoisotopic (exact) mass is 460 g/mol. The van der Waals surface area contributed by atoms with Crippen molar-refractivity contribution in [3.05, 3.63) is 51.7 Å². The third-order valence-electron chi connectivity index (χ3n) is 4.76. The fourth-order valence-corrected chi connectivity index (χ4v) is 5.24. The lowest BCUT2D eigenvalue weighted by Crippen LogP contribution is -2.44. The van der Waals surface area contributed by atoms with Gasteiger partial charge in [-0.3, -0.25) is 19.8 Å². The number of ether oxygens (including phenoxy) is 1. The minimum absolute atomic E-state index is 0.200. The number of morpholine rings is 1. The van der Waals surface area contributed by atoms with Gasteiger partial charge < -0.3 is 14.5 Å². The van der Waals surface area contributed by atoms with Crippen LogP contribution in [0.5, 0.6) is 0 Å². The summed E-state index contributed by atoms with van der Waals surface area (Å²) in [6, 6.07) is 5.01. The van der Waals surface area contributed by atoms with Crippen molar-refractivity contribution in [2.75, 3.05) is 23.7 Å². The van der Waals surface area contributed by atoms with E-state index in [0.717, 1.165) is 30.9 Å². The van der Waals surface area contributed by atoms with Crippen LogP contribution in [-0.2, 0) is 11.3 Å². The standard InChI is InChI=1S/C21H24N4O4S2/c1-12-7-17(23-19(26)16-5-4-6-28-16)31-18(12)20(27)24-21-22-15(11-30-21)10-25-8-13(2)29-14(3)9-25/h4-7,11,13-14H,8-10H2,1-3H3,(H,23,26)(H,22,24,27). The molecular formula is C21H24N4O4S2. The molecule has 3 aromatic heterocycles. The van der Waals surface area contributed by atoms with Crippen molar-refractivity contribution in [2.24, 2.45) is 0 Å². The highest BCUT2D eigenvalue weighted by Crippen LogP contribution is 2.28. The second-order valence-electron chi connectivity index (χ2n) is 7.60. The average molecular weight is 461 g/mol. The first-order chi connectivity index (χ1) is 14.9. The van der Waals surface area contributed by atoms with Gasteiger partial charge in [-0.1, -0.05) is 0 Å². The maximum absolute atomic E-state index is 12.8. The normalized spacial score (nSPS) is 19.3. The number of rotatable bonds is 6. The molecule has 4 rings (SSSR count). The summed E-state index contributed by atoms with van der Waals surface area (Å²) in [6.07, 6.45) is 1.84. The Bertz CT molecular complexity index is 1050. The molecular weight excluding hydrogens is 436 g/mol. The van der Waals surface area contributed by atoms with Gasteiger partial charge in [0.2, 0.25) is 0 Å². The number of carbonyl (C=O) groups is 2. The van der Waals surface area contributed by atoms with Crippen molar-refractivity contribution < 1.29 is 18.7 Å². The number of nitrogens with one attached hydrogen (secondary N) is 2. The van der Waals surface area contributed by atoms with Crippen LogP contribution in [0.4, 0.5) is 10.1 Å². The Morgan fingerprint density at radius 2 is 2.00 bits per heavy atom. The molecule has 31 heavy (non-hydrogen) atoms. The zero-order valence-electron chi connectivity index (χ0n) is 17.5. The lowest BCUT2D eigenvalue weighted by Gasteiger charge is -2.34. The molecule has 3 aromatic rings. The lowest BCUT2D eigenvalue weighted by molar-refractivity contribution is -0.0707. The number of hydrogen-bond donors (Lipinski definition) is 2. The smallest absolute Gasteiger partial charge is 0.291 e. The van der Waals surface area contributed by atoms with Gasteiger partial charge in [0, 0.05) is 25.0 Å². The summed E-state index contributed by atoms with van der Waals surface area (Å²) in [5.74, 6) is -0.374. The van der Waals surface area contributed by atoms with Crippen LogP contribution in [0.2, 0.25) is 0 Å². The number of carbonyl (C=O) groups excluding carboxylic acids is 2. The zero-order valence-corrected chi connectivity index (χ0v) is 19.1. The van der Waals surface area contributed by atoms with Crippen LogP contribution in [0, 0.1) is 6.92 Å². The minimum Gasteiger partial charge on any atom is -0.459 e. The molecule has 0 radical (unpaired) electrons. The number of nitrogens with zero attached hydrogens (tertiary/aromatic N) is 2. The SMILES string of the molecule is Cc1cc(NC(=O)c2ccco2)sc1C(=O)Nc1nc(CN2CC(C)OC(C)C2)cs1. The van der Waals surface area contributed by atoms with E-state index in [1.807, 2.05) is 12.3 Å². The highest BCUT2D eigenvalue weighted by Gasteiger charge is 2.23. The van der Waals surface area contributed by atoms with E-state index >= 15 is 0 Å². The number of furan rings is 1. The first-order valence-electron chi connectivity index (χ1n) is 9.96. The molecule has 4 heterocycles. The van der Waals surface area contributed by atoms with Crippen molar-refractivity contribution >= 4 is 44.6 Å². The number of aryl methyl sites for hydroxylation is 1. The van der Waals surface area contributed by atoms with Gasteiger partial charge >= 0.3 is 0 Å². The van der Waals surface area contributed by atoms with E-state index < -0.39 is 0 Å². The van der Waals surface area contributed by atoms with E-state index in [1.165, 1.54) is 28.9 Å². The van der Waals surface area contributed by atoms with Crippen molar-refractivity contribution in [2.45, 2.75) is 39.5 Å². The molecule has 2 N–H and O–H groups in total. The molecule has 0 bridgehead atoms. The minimum atomic E-state index is -0.352. The largest absolute Gasteiger partial charge is 0.459 e. The Morgan fingerprint density at radius 1 is 1.23 bits per heavy atom. The molecule has 8 nitrogen and oxygen atoms in total. The van der Waals surface area contributed by atoms with E-state index in [9.17, 15) is 9.59 Å². The molecule has 10 heteroatoms. The average Bonchev–Trinajstić information content (AvgIpc) is 3.43. The molecule has 2 amide bonds. The van der Waals surface area contributed by atoms with Crippen LogP contribution >= 0.6 is 22.7 Å². The second kappa shape index (κ2) is 9.31. The fraction of sp³-hybridized carbons (Fsp3) is 0.381. The number of aromatic nitrogens is 1. The molecule has 0 spiro atoms.